The Labute approximate surface area is 169 Å². The fourth-order valence-electron chi connectivity index (χ4n) is 3.48. The average Bonchev–Trinajstić information content (AvgIpc) is 3.16. The van der Waals surface area contributed by atoms with E-state index in [0.29, 0.717) is 12.2 Å². The fraction of sp³-hybridized carbons (Fsp3) is 0.318. The molecule has 0 saturated carbocycles. The van der Waals surface area contributed by atoms with Crippen molar-refractivity contribution in [2.24, 2.45) is 0 Å². The van der Waals surface area contributed by atoms with E-state index in [1.807, 2.05) is 53.4 Å². The van der Waals surface area contributed by atoms with Gasteiger partial charge in [0.05, 0.1) is 5.75 Å². The molecular formula is C22H24N4OS. The van der Waals surface area contributed by atoms with E-state index in [4.69, 9.17) is 0 Å². The predicted molar refractivity (Wildman–Crippen MR) is 112 cm³/mol. The number of para-hydroxylation sites is 1. The minimum Gasteiger partial charge on any atom is -0.342 e. The number of likely N-dealkylation sites (tertiary alicyclic amines) is 1. The highest BCUT2D eigenvalue weighted by molar-refractivity contribution is 7.99. The third-order valence-corrected chi connectivity index (χ3v) is 5.87. The summed E-state index contributed by atoms with van der Waals surface area (Å²) in [5, 5.41) is 9.62. The normalized spacial score (nSPS) is 14.2. The van der Waals surface area contributed by atoms with Crippen LogP contribution in [-0.2, 0) is 11.2 Å². The Morgan fingerprint density at radius 3 is 2.29 bits per heavy atom. The molecule has 0 atom stereocenters. The Balaban J connectivity index is 1.55. The van der Waals surface area contributed by atoms with Crippen molar-refractivity contribution in [3.05, 3.63) is 72.1 Å². The largest absolute Gasteiger partial charge is 0.342 e. The summed E-state index contributed by atoms with van der Waals surface area (Å²) in [6.07, 6.45) is 4.14. The van der Waals surface area contributed by atoms with Crippen molar-refractivity contribution in [3.8, 4) is 5.69 Å². The van der Waals surface area contributed by atoms with Crippen LogP contribution in [0.3, 0.4) is 0 Å². The molecule has 0 N–H and O–H groups in total. The number of amides is 1. The van der Waals surface area contributed by atoms with Crippen molar-refractivity contribution in [2.75, 3.05) is 18.8 Å². The van der Waals surface area contributed by atoms with E-state index in [-0.39, 0.29) is 5.91 Å². The van der Waals surface area contributed by atoms with E-state index in [1.54, 1.807) is 0 Å². The first-order valence-electron chi connectivity index (χ1n) is 9.75. The lowest BCUT2D eigenvalue weighted by molar-refractivity contribution is -0.129. The maximum atomic E-state index is 12.6. The smallest absolute Gasteiger partial charge is 0.233 e. The second-order valence-corrected chi connectivity index (χ2v) is 7.90. The van der Waals surface area contributed by atoms with Crippen LogP contribution in [0.25, 0.3) is 5.69 Å². The Bertz CT molecular complexity index is 905. The summed E-state index contributed by atoms with van der Waals surface area (Å²) in [5.74, 6) is 1.47. The minimum absolute atomic E-state index is 0.192. The molecule has 4 rings (SSSR count). The predicted octanol–water partition coefficient (Wildman–Crippen LogP) is 3.96. The van der Waals surface area contributed by atoms with Crippen LogP contribution in [0.5, 0.6) is 0 Å². The van der Waals surface area contributed by atoms with Crippen molar-refractivity contribution < 1.29 is 4.79 Å². The van der Waals surface area contributed by atoms with Gasteiger partial charge in [0.25, 0.3) is 0 Å². The van der Waals surface area contributed by atoms with Gasteiger partial charge in [-0.05, 0) is 37.0 Å². The van der Waals surface area contributed by atoms with Crippen LogP contribution >= 0.6 is 11.8 Å². The SMILES string of the molecule is O=C(CSc1nnc(Cc2ccccc2)n1-c1ccccc1)N1CCCCC1. The summed E-state index contributed by atoms with van der Waals surface area (Å²) < 4.78 is 2.07. The van der Waals surface area contributed by atoms with E-state index in [9.17, 15) is 4.79 Å². The molecule has 5 nitrogen and oxygen atoms in total. The van der Waals surface area contributed by atoms with Crippen LogP contribution in [0.4, 0.5) is 0 Å². The highest BCUT2D eigenvalue weighted by Crippen LogP contribution is 2.24. The lowest BCUT2D eigenvalue weighted by Gasteiger charge is -2.26. The lowest BCUT2D eigenvalue weighted by Crippen LogP contribution is -2.36. The molecule has 0 bridgehead atoms. The van der Waals surface area contributed by atoms with Gasteiger partial charge >= 0.3 is 0 Å². The molecule has 1 fully saturated rings. The molecule has 1 aliphatic heterocycles. The monoisotopic (exact) mass is 392 g/mol. The fourth-order valence-corrected chi connectivity index (χ4v) is 4.36. The van der Waals surface area contributed by atoms with Crippen LogP contribution in [0.2, 0.25) is 0 Å². The van der Waals surface area contributed by atoms with Gasteiger partial charge in [-0.15, -0.1) is 10.2 Å². The molecule has 1 amide bonds. The number of thioether (sulfide) groups is 1. The Hall–Kier alpha value is -2.60. The summed E-state index contributed by atoms with van der Waals surface area (Å²) >= 11 is 1.47. The zero-order chi connectivity index (χ0) is 19.2. The van der Waals surface area contributed by atoms with Crippen molar-refractivity contribution in [3.63, 3.8) is 0 Å². The van der Waals surface area contributed by atoms with Crippen LogP contribution in [-0.4, -0.2) is 44.4 Å². The molecule has 0 aliphatic carbocycles. The molecule has 3 aromatic rings. The van der Waals surface area contributed by atoms with E-state index in [0.717, 1.165) is 42.6 Å². The summed E-state index contributed by atoms with van der Waals surface area (Å²) in [4.78, 5) is 14.5. The second kappa shape index (κ2) is 9.06. The zero-order valence-electron chi connectivity index (χ0n) is 15.8. The van der Waals surface area contributed by atoms with Gasteiger partial charge < -0.3 is 4.90 Å². The highest BCUT2D eigenvalue weighted by atomic mass is 32.2. The summed E-state index contributed by atoms with van der Waals surface area (Å²) in [6, 6.07) is 20.4. The van der Waals surface area contributed by atoms with Crippen molar-refractivity contribution >= 4 is 17.7 Å². The molecule has 1 aliphatic rings. The number of carbonyl (C=O) groups is 1. The number of aromatic nitrogens is 3. The Morgan fingerprint density at radius 2 is 1.57 bits per heavy atom. The Kier molecular flexibility index (Phi) is 6.07. The molecule has 0 unspecified atom stereocenters. The topological polar surface area (TPSA) is 51.0 Å². The van der Waals surface area contributed by atoms with E-state index in [2.05, 4.69) is 26.9 Å². The maximum absolute atomic E-state index is 12.6. The molecule has 0 radical (unpaired) electrons. The molecule has 1 saturated heterocycles. The van der Waals surface area contributed by atoms with Crippen LogP contribution in [0.15, 0.2) is 65.8 Å². The number of hydrogen-bond donors (Lipinski definition) is 0. The zero-order valence-corrected chi connectivity index (χ0v) is 16.6. The number of nitrogens with zero attached hydrogens (tertiary/aromatic N) is 4. The molecular weight excluding hydrogens is 368 g/mol. The molecule has 144 valence electrons. The van der Waals surface area contributed by atoms with Crippen LogP contribution in [0.1, 0.15) is 30.7 Å². The van der Waals surface area contributed by atoms with Gasteiger partial charge in [-0.1, -0.05) is 60.3 Å². The van der Waals surface area contributed by atoms with Gasteiger partial charge in [0.1, 0.15) is 5.82 Å². The summed E-state index contributed by atoms with van der Waals surface area (Å²) in [5.41, 5.74) is 2.21. The van der Waals surface area contributed by atoms with Crippen LogP contribution in [0, 0.1) is 0 Å². The van der Waals surface area contributed by atoms with Gasteiger partial charge in [0.2, 0.25) is 5.91 Å². The van der Waals surface area contributed by atoms with E-state index in [1.165, 1.54) is 23.7 Å². The standard InChI is InChI=1S/C22H24N4OS/c27-21(25-14-8-3-9-15-25)17-28-22-24-23-20(16-18-10-4-1-5-11-18)26(22)19-12-6-2-7-13-19/h1-2,4-7,10-13H,3,8-9,14-17H2. The number of benzene rings is 2. The number of piperidine rings is 1. The summed E-state index contributed by atoms with van der Waals surface area (Å²) in [6.45, 7) is 1.76. The third kappa shape index (κ3) is 4.44. The van der Waals surface area contributed by atoms with E-state index >= 15 is 0 Å². The highest BCUT2D eigenvalue weighted by Gasteiger charge is 2.20. The number of rotatable bonds is 6. The molecule has 2 heterocycles. The molecule has 0 spiro atoms. The Morgan fingerprint density at radius 1 is 0.893 bits per heavy atom. The first-order valence-corrected chi connectivity index (χ1v) is 10.7. The van der Waals surface area contributed by atoms with Gasteiger partial charge in [-0.2, -0.15) is 0 Å². The molecule has 1 aromatic heterocycles. The quantitative estimate of drug-likeness (QED) is 0.596. The third-order valence-electron chi connectivity index (χ3n) is 4.95. The van der Waals surface area contributed by atoms with E-state index < -0.39 is 0 Å². The van der Waals surface area contributed by atoms with Gasteiger partial charge in [0, 0.05) is 25.2 Å². The van der Waals surface area contributed by atoms with Gasteiger partial charge in [-0.3, -0.25) is 9.36 Å². The minimum atomic E-state index is 0.192. The maximum Gasteiger partial charge on any atom is 0.233 e. The number of carbonyl (C=O) groups excluding carboxylic acids is 1. The second-order valence-electron chi connectivity index (χ2n) is 6.96. The lowest BCUT2D eigenvalue weighted by atomic mass is 10.1. The van der Waals surface area contributed by atoms with Crippen molar-refractivity contribution in [1.29, 1.82) is 0 Å². The van der Waals surface area contributed by atoms with Crippen LogP contribution < -0.4 is 0 Å². The first-order chi connectivity index (χ1) is 13.8. The molecule has 6 heteroatoms. The molecule has 2 aromatic carbocycles. The van der Waals surface area contributed by atoms with Gasteiger partial charge in [-0.25, -0.2) is 0 Å². The van der Waals surface area contributed by atoms with Crippen molar-refractivity contribution in [1.82, 2.24) is 19.7 Å². The summed E-state index contributed by atoms with van der Waals surface area (Å²) in [7, 11) is 0. The average molecular weight is 393 g/mol. The first kappa shape index (κ1) is 18.7. The van der Waals surface area contributed by atoms with Gasteiger partial charge in [0.15, 0.2) is 5.16 Å². The van der Waals surface area contributed by atoms with Crippen molar-refractivity contribution in [2.45, 2.75) is 30.8 Å². The molecule has 28 heavy (non-hydrogen) atoms. The number of hydrogen-bond acceptors (Lipinski definition) is 4.